The Morgan fingerprint density at radius 2 is 1.53 bits per heavy atom. The summed E-state index contributed by atoms with van der Waals surface area (Å²) in [6.45, 7) is 3.87. The number of sulfone groups is 1. The molecule has 0 bridgehead atoms. The number of halogens is 1. The van der Waals surface area contributed by atoms with Crippen molar-refractivity contribution in [3.8, 4) is 0 Å². The first kappa shape index (κ1) is 22.1. The average molecular weight is 468 g/mol. The second kappa shape index (κ2) is 8.45. The molecule has 0 fully saturated rings. The van der Waals surface area contributed by atoms with Crippen molar-refractivity contribution in [2.75, 3.05) is 4.90 Å². The average Bonchev–Trinajstić information content (AvgIpc) is 3.06. The number of aliphatic hydroxyl groups excluding tert-OH is 1. The standard InChI is InChI=1S/C25H22ClNO4S/c1-3-17-6-12-20(13-7-17)27-22(18-8-10-19(26)11-9-18)24(23(28)25(27)29)32(30,31)21-14-4-16(2)5-15-21/h4-15,22,28H,3H2,1-2H3/t22-/m1/s1. The summed E-state index contributed by atoms with van der Waals surface area (Å²) in [4.78, 5) is 14.2. The quantitative estimate of drug-likeness (QED) is 0.534. The van der Waals surface area contributed by atoms with Gasteiger partial charge in [-0.25, -0.2) is 8.42 Å². The molecule has 3 aromatic carbocycles. The molecule has 1 N–H and O–H groups in total. The van der Waals surface area contributed by atoms with Crippen LogP contribution in [0.1, 0.15) is 29.7 Å². The van der Waals surface area contributed by atoms with Gasteiger partial charge in [0.25, 0.3) is 5.91 Å². The topological polar surface area (TPSA) is 74.7 Å². The minimum Gasteiger partial charge on any atom is -0.502 e. The molecule has 0 saturated heterocycles. The molecule has 5 nitrogen and oxygen atoms in total. The summed E-state index contributed by atoms with van der Waals surface area (Å²) in [5, 5.41) is 11.3. The third kappa shape index (κ3) is 3.80. The van der Waals surface area contributed by atoms with Gasteiger partial charge in [-0.1, -0.05) is 60.5 Å². The highest BCUT2D eigenvalue weighted by Crippen LogP contribution is 2.45. The molecular formula is C25H22ClNO4S. The van der Waals surface area contributed by atoms with E-state index in [0.717, 1.165) is 17.5 Å². The number of aryl methyl sites for hydroxylation is 2. The SMILES string of the molecule is CCc1ccc(N2C(=O)C(O)=C(S(=O)(=O)c3ccc(C)cc3)[C@H]2c2ccc(Cl)cc2)cc1. The van der Waals surface area contributed by atoms with E-state index in [-0.39, 0.29) is 9.80 Å². The van der Waals surface area contributed by atoms with Gasteiger partial charge in [0.15, 0.2) is 5.76 Å². The normalized spacial score (nSPS) is 16.7. The maximum absolute atomic E-state index is 13.6. The summed E-state index contributed by atoms with van der Waals surface area (Å²) in [7, 11) is -4.16. The number of rotatable bonds is 5. The van der Waals surface area contributed by atoms with Gasteiger partial charge in [-0.3, -0.25) is 9.69 Å². The van der Waals surface area contributed by atoms with Crippen LogP contribution >= 0.6 is 11.6 Å². The number of carbonyl (C=O) groups is 1. The van der Waals surface area contributed by atoms with Crippen LogP contribution in [0.4, 0.5) is 5.69 Å². The van der Waals surface area contributed by atoms with Crippen molar-refractivity contribution >= 4 is 33.0 Å². The van der Waals surface area contributed by atoms with Crippen molar-refractivity contribution in [1.82, 2.24) is 0 Å². The van der Waals surface area contributed by atoms with E-state index < -0.39 is 27.5 Å². The lowest BCUT2D eigenvalue weighted by Crippen LogP contribution is -2.31. The molecule has 0 aliphatic carbocycles. The van der Waals surface area contributed by atoms with Crippen molar-refractivity contribution in [3.63, 3.8) is 0 Å². The molecule has 1 aliphatic heterocycles. The minimum atomic E-state index is -4.16. The fraction of sp³-hybridized carbons (Fsp3) is 0.160. The Hall–Kier alpha value is -3.09. The van der Waals surface area contributed by atoms with E-state index >= 15 is 0 Å². The van der Waals surface area contributed by atoms with Gasteiger partial charge in [0, 0.05) is 10.7 Å². The molecule has 1 heterocycles. The van der Waals surface area contributed by atoms with Crippen LogP contribution in [0.2, 0.25) is 5.02 Å². The number of nitrogens with zero attached hydrogens (tertiary/aromatic N) is 1. The molecular weight excluding hydrogens is 446 g/mol. The van der Waals surface area contributed by atoms with Crippen LogP contribution in [0, 0.1) is 6.92 Å². The summed E-state index contributed by atoms with van der Waals surface area (Å²) in [5.74, 6) is -1.54. The number of hydrogen-bond acceptors (Lipinski definition) is 4. The molecule has 3 aromatic rings. The van der Waals surface area contributed by atoms with E-state index in [2.05, 4.69) is 0 Å². The molecule has 164 valence electrons. The largest absolute Gasteiger partial charge is 0.502 e. The fourth-order valence-electron chi connectivity index (χ4n) is 3.81. The van der Waals surface area contributed by atoms with Crippen molar-refractivity contribution < 1.29 is 18.3 Å². The first-order chi connectivity index (χ1) is 15.2. The molecule has 0 aromatic heterocycles. The van der Waals surface area contributed by atoms with Crippen LogP contribution in [-0.4, -0.2) is 19.4 Å². The lowest BCUT2D eigenvalue weighted by molar-refractivity contribution is -0.117. The Morgan fingerprint density at radius 1 is 0.938 bits per heavy atom. The second-order valence-corrected chi connectivity index (χ2v) is 10.0. The Labute approximate surface area is 192 Å². The van der Waals surface area contributed by atoms with E-state index in [1.165, 1.54) is 17.0 Å². The highest BCUT2D eigenvalue weighted by molar-refractivity contribution is 7.95. The van der Waals surface area contributed by atoms with Gasteiger partial charge in [0.05, 0.1) is 4.90 Å². The summed E-state index contributed by atoms with van der Waals surface area (Å²) in [6.07, 6.45) is 0.825. The van der Waals surface area contributed by atoms with Crippen LogP contribution in [0.25, 0.3) is 0 Å². The predicted molar refractivity (Wildman–Crippen MR) is 126 cm³/mol. The molecule has 0 saturated carbocycles. The van der Waals surface area contributed by atoms with Crippen molar-refractivity contribution in [1.29, 1.82) is 0 Å². The van der Waals surface area contributed by atoms with Gasteiger partial charge < -0.3 is 5.11 Å². The summed E-state index contributed by atoms with van der Waals surface area (Å²) >= 11 is 6.04. The van der Waals surface area contributed by atoms with Gasteiger partial charge in [0.2, 0.25) is 9.84 Å². The molecule has 4 rings (SSSR count). The Morgan fingerprint density at radius 3 is 2.09 bits per heavy atom. The van der Waals surface area contributed by atoms with Crippen molar-refractivity contribution in [2.45, 2.75) is 31.2 Å². The minimum absolute atomic E-state index is 0.0135. The van der Waals surface area contributed by atoms with Gasteiger partial charge in [-0.2, -0.15) is 0 Å². The first-order valence-corrected chi connectivity index (χ1v) is 12.0. The molecule has 1 atom stereocenters. The summed E-state index contributed by atoms with van der Waals surface area (Å²) < 4.78 is 27.2. The van der Waals surface area contributed by atoms with Crippen LogP contribution in [0.15, 0.2) is 88.4 Å². The zero-order valence-corrected chi connectivity index (χ0v) is 19.2. The van der Waals surface area contributed by atoms with E-state index in [0.29, 0.717) is 16.3 Å². The van der Waals surface area contributed by atoms with Crippen LogP contribution in [0.5, 0.6) is 0 Å². The van der Waals surface area contributed by atoms with E-state index in [1.807, 2.05) is 26.0 Å². The lowest BCUT2D eigenvalue weighted by Gasteiger charge is -2.27. The number of hydrogen-bond donors (Lipinski definition) is 1. The number of carbonyl (C=O) groups excluding carboxylic acids is 1. The second-order valence-electron chi connectivity index (χ2n) is 7.68. The maximum atomic E-state index is 13.6. The number of amides is 1. The molecule has 1 amide bonds. The predicted octanol–water partition coefficient (Wildman–Crippen LogP) is 5.54. The van der Waals surface area contributed by atoms with E-state index in [4.69, 9.17) is 11.6 Å². The highest BCUT2D eigenvalue weighted by atomic mass is 35.5. The maximum Gasteiger partial charge on any atom is 0.295 e. The van der Waals surface area contributed by atoms with Gasteiger partial charge >= 0.3 is 0 Å². The number of benzene rings is 3. The molecule has 0 unspecified atom stereocenters. The third-order valence-electron chi connectivity index (χ3n) is 5.59. The van der Waals surface area contributed by atoms with Gasteiger partial charge in [-0.15, -0.1) is 0 Å². The van der Waals surface area contributed by atoms with E-state index in [9.17, 15) is 18.3 Å². The monoisotopic (exact) mass is 467 g/mol. The summed E-state index contributed by atoms with van der Waals surface area (Å²) in [6, 6.07) is 19.2. The Balaban J connectivity index is 1.91. The molecule has 1 aliphatic rings. The lowest BCUT2D eigenvalue weighted by atomic mass is 10.1. The van der Waals surface area contributed by atoms with Gasteiger partial charge in [-0.05, 0) is 60.9 Å². The Kier molecular flexibility index (Phi) is 5.84. The number of aliphatic hydroxyl groups is 1. The molecule has 0 spiro atoms. The van der Waals surface area contributed by atoms with Crippen molar-refractivity contribution in [2.24, 2.45) is 0 Å². The first-order valence-electron chi connectivity index (χ1n) is 10.2. The smallest absolute Gasteiger partial charge is 0.295 e. The Bertz CT molecular complexity index is 1300. The molecule has 32 heavy (non-hydrogen) atoms. The van der Waals surface area contributed by atoms with Crippen LogP contribution in [0.3, 0.4) is 0 Å². The molecule has 0 radical (unpaired) electrons. The van der Waals surface area contributed by atoms with Gasteiger partial charge in [0.1, 0.15) is 10.9 Å². The number of anilines is 1. The zero-order valence-electron chi connectivity index (χ0n) is 17.6. The van der Waals surface area contributed by atoms with Crippen LogP contribution < -0.4 is 4.90 Å². The van der Waals surface area contributed by atoms with E-state index in [1.54, 1.807) is 48.5 Å². The zero-order chi connectivity index (χ0) is 23.0. The highest BCUT2D eigenvalue weighted by Gasteiger charge is 2.47. The van der Waals surface area contributed by atoms with Crippen LogP contribution in [-0.2, 0) is 21.1 Å². The fourth-order valence-corrected chi connectivity index (χ4v) is 5.56. The summed E-state index contributed by atoms with van der Waals surface area (Å²) in [5.41, 5.74) is 2.99. The van der Waals surface area contributed by atoms with Crippen molar-refractivity contribution in [3.05, 3.63) is 105 Å². The third-order valence-corrected chi connectivity index (χ3v) is 7.73. The molecule has 7 heteroatoms.